The molecule has 0 unspecified atom stereocenters. The van der Waals surface area contributed by atoms with E-state index in [0.717, 1.165) is 11.3 Å². The normalized spacial score (nSPS) is 14.8. The van der Waals surface area contributed by atoms with Gasteiger partial charge in [0.05, 0.1) is 0 Å². The van der Waals surface area contributed by atoms with Crippen molar-refractivity contribution in [3.63, 3.8) is 0 Å². The predicted octanol–water partition coefficient (Wildman–Crippen LogP) is 4.43. The highest BCUT2D eigenvalue weighted by Crippen LogP contribution is 2.28. The zero-order valence-corrected chi connectivity index (χ0v) is 13.0. The van der Waals surface area contributed by atoms with Crippen LogP contribution in [0.2, 0.25) is 5.02 Å². The number of ether oxygens (including phenoxy) is 1. The Morgan fingerprint density at radius 3 is 2.76 bits per heavy atom. The molecule has 0 spiro atoms. The number of hydrogen-bond donors (Lipinski definition) is 1. The van der Waals surface area contributed by atoms with Crippen LogP contribution in [0.4, 0.5) is 0 Å². The average Bonchev–Trinajstić information content (AvgIpc) is 2.93. The molecule has 0 saturated carbocycles. The first-order valence-corrected chi connectivity index (χ1v) is 7.80. The van der Waals surface area contributed by atoms with Gasteiger partial charge >= 0.3 is 0 Å². The van der Waals surface area contributed by atoms with Gasteiger partial charge in [0.2, 0.25) is 0 Å². The third kappa shape index (κ3) is 3.22. The lowest BCUT2D eigenvalue weighted by Crippen LogP contribution is -2.08. The highest BCUT2D eigenvalue weighted by Gasteiger charge is 2.12. The zero-order valence-electron chi connectivity index (χ0n) is 12.2. The van der Waals surface area contributed by atoms with E-state index in [2.05, 4.69) is 18.2 Å². The van der Waals surface area contributed by atoms with E-state index in [1.54, 1.807) is 0 Å². The summed E-state index contributed by atoms with van der Waals surface area (Å²) < 4.78 is 5.96. The maximum atomic E-state index is 6.03. The SMILES string of the molecule is C[C@@H](N)c1cc(Cl)ccc1OCc1ccc2c(c1)CCC2. The maximum absolute atomic E-state index is 6.03. The van der Waals surface area contributed by atoms with E-state index in [4.69, 9.17) is 22.1 Å². The number of fused-ring (bicyclic) bond motifs is 1. The second-order valence-corrected chi connectivity index (χ2v) is 6.15. The zero-order chi connectivity index (χ0) is 14.8. The minimum Gasteiger partial charge on any atom is -0.489 e. The molecule has 0 bridgehead atoms. The van der Waals surface area contributed by atoms with Crippen molar-refractivity contribution in [2.24, 2.45) is 5.73 Å². The fourth-order valence-corrected chi connectivity index (χ4v) is 3.06. The molecule has 3 heteroatoms. The number of halogens is 1. The molecule has 1 aliphatic carbocycles. The average molecular weight is 302 g/mol. The Kier molecular flexibility index (Phi) is 4.18. The van der Waals surface area contributed by atoms with Crippen LogP contribution in [0.1, 0.15) is 41.6 Å². The molecule has 0 aliphatic heterocycles. The Morgan fingerprint density at radius 2 is 1.95 bits per heavy atom. The first-order valence-electron chi connectivity index (χ1n) is 7.42. The van der Waals surface area contributed by atoms with E-state index in [1.165, 1.54) is 36.0 Å². The van der Waals surface area contributed by atoms with Gasteiger partial charge in [-0.15, -0.1) is 0 Å². The van der Waals surface area contributed by atoms with Gasteiger partial charge in [0.15, 0.2) is 0 Å². The maximum Gasteiger partial charge on any atom is 0.124 e. The van der Waals surface area contributed by atoms with Crippen molar-refractivity contribution in [3.05, 3.63) is 63.7 Å². The van der Waals surface area contributed by atoms with Crippen molar-refractivity contribution in [1.29, 1.82) is 0 Å². The Bertz CT molecular complexity index is 652. The Morgan fingerprint density at radius 1 is 1.14 bits per heavy atom. The van der Waals surface area contributed by atoms with Gasteiger partial charge in [0.1, 0.15) is 12.4 Å². The van der Waals surface area contributed by atoms with Crippen LogP contribution in [0.25, 0.3) is 0 Å². The van der Waals surface area contributed by atoms with Gasteiger partial charge in [-0.25, -0.2) is 0 Å². The molecule has 2 N–H and O–H groups in total. The Balaban J connectivity index is 1.76. The molecule has 0 fully saturated rings. The second kappa shape index (κ2) is 6.08. The molecule has 2 nitrogen and oxygen atoms in total. The molecule has 1 aliphatic rings. The van der Waals surface area contributed by atoms with Crippen LogP contribution in [-0.2, 0) is 19.4 Å². The molecule has 2 aromatic carbocycles. The molecular weight excluding hydrogens is 282 g/mol. The Hall–Kier alpha value is -1.51. The van der Waals surface area contributed by atoms with Gasteiger partial charge in [-0.3, -0.25) is 0 Å². The van der Waals surface area contributed by atoms with Gasteiger partial charge in [0, 0.05) is 16.6 Å². The lowest BCUT2D eigenvalue weighted by molar-refractivity contribution is 0.301. The molecule has 0 amide bonds. The molecular formula is C18H20ClNO. The van der Waals surface area contributed by atoms with E-state index >= 15 is 0 Å². The van der Waals surface area contributed by atoms with Crippen LogP contribution in [0.3, 0.4) is 0 Å². The van der Waals surface area contributed by atoms with Gasteiger partial charge in [-0.05, 0) is 61.1 Å². The van der Waals surface area contributed by atoms with Crippen molar-refractivity contribution in [1.82, 2.24) is 0 Å². The lowest BCUT2D eigenvalue weighted by atomic mass is 10.1. The molecule has 2 aromatic rings. The summed E-state index contributed by atoms with van der Waals surface area (Å²) >= 11 is 6.03. The topological polar surface area (TPSA) is 35.2 Å². The summed E-state index contributed by atoms with van der Waals surface area (Å²) in [5, 5.41) is 0.687. The van der Waals surface area contributed by atoms with Crippen molar-refractivity contribution in [2.75, 3.05) is 0 Å². The largest absolute Gasteiger partial charge is 0.489 e. The van der Waals surface area contributed by atoms with Crippen molar-refractivity contribution in [3.8, 4) is 5.75 Å². The third-order valence-corrected chi connectivity index (χ3v) is 4.25. The molecule has 3 rings (SSSR count). The summed E-state index contributed by atoms with van der Waals surface area (Å²) in [7, 11) is 0. The molecule has 0 aromatic heterocycles. The number of nitrogens with two attached hydrogens (primary N) is 1. The minimum atomic E-state index is -0.0984. The van der Waals surface area contributed by atoms with Gasteiger partial charge in [-0.2, -0.15) is 0 Å². The van der Waals surface area contributed by atoms with Crippen LogP contribution in [0, 0.1) is 0 Å². The van der Waals surface area contributed by atoms with Gasteiger partial charge in [0.25, 0.3) is 0 Å². The molecule has 0 heterocycles. The number of rotatable bonds is 4. The minimum absolute atomic E-state index is 0.0984. The third-order valence-electron chi connectivity index (χ3n) is 4.02. The summed E-state index contributed by atoms with van der Waals surface area (Å²) in [6, 6.07) is 12.2. The summed E-state index contributed by atoms with van der Waals surface area (Å²) in [6.45, 7) is 2.50. The standard InChI is InChI=1S/C18H20ClNO/c1-12(20)17-10-16(19)7-8-18(17)21-11-13-5-6-14-3-2-4-15(14)9-13/h5-10,12H,2-4,11,20H2,1H3/t12-/m1/s1. The Labute approximate surface area is 130 Å². The van der Waals surface area contributed by atoms with Crippen LogP contribution < -0.4 is 10.5 Å². The van der Waals surface area contributed by atoms with E-state index in [1.807, 2.05) is 25.1 Å². The summed E-state index contributed by atoms with van der Waals surface area (Å²) in [6.07, 6.45) is 3.67. The first kappa shape index (κ1) is 14.4. The fourth-order valence-electron chi connectivity index (χ4n) is 2.88. The van der Waals surface area contributed by atoms with Crippen LogP contribution >= 0.6 is 11.6 Å². The van der Waals surface area contributed by atoms with Crippen molar-refractivity contribution >= 4 is 11.6 Å². The summed E-state index contributed by atoms with van der Waals surface area (Å²) in [5.41, 5.74) is 11.1. The van der Waals surface area contributed by atoms with Crippen molar-refractivity contribution in [2.45, 2.75) is 38.8 Å². The second-order valence-electron chi connectivity index (χ2n) is 5.72. The molecule has 21 heavy (non-hydrogen) atoms. The molecule has 0 saturated heterocycles. The van der Waals surface area contributed by atoms with E-state index in [-0.39, 0.29) is 6.04 Å². The number of benzene rings is 2. The first-order chi connectivity index (χ1) is 10.1. The number of aryl methyl sites for hydroxylation is 2. The fraction of sp³-hybridized carbons (Fsp3) is 0.333. The molecule has 110 valence electrons. The number of hydrogen-bond acceptors (Lipinski definition) is 2. The van der Waals surface area contributed by atoms with E-state index in [0.29, 0.717) is 11.6 Å². The monoisotopic (exact) mass is 301 g/mol. The lowest BCUT2D eigenvalue weighted by Gasteiger charge is -2.15. The predicted molar refractivity (Wildman–Crippen MR) is 86.9 cm³/mol. The summed E-state index contributed by atoms with van der Waals surface area (Å²) in [4.78, 5) is 0. The van der Waals surface area contributed by atoms with Gasteiger partial charge in [-0.1, -0.05) is 29.8 Å². The molecule has 0 radical (unpaired) electrons. The van der Waals surface area contributed by atoms with Gasteiger partial charge < -0.3 is 10.5 Å². The smallest absolute Gasteiger partial charge is 0.124 e. The van der Waals surface area contributed by atoms with Crippen LogP contribution in [0.5, 0.6) is 5.75 Å². The highest BCUT2D eigenvalue weighted by atomic mass is 35.5. The van der Waals surface area contributed by atoms with Crippen LogP contribution in [0.15, 0.2) is 36.4 Å². The highest BCUT2D eigenvalue weighted by molar-refractivity contribution is 6.30. The van der Waals surface area contributed by atoms with Crippen LogP contribution in [-0.4, -0.2) is 0 Å². The van der Waals surface area contributed by atoms with Crippen molar-refractivity contribution < 1.29 is 4.74 Å². The van der Waals surface area contributed by atoms with E-state index < -0.39 is 0 Å². The summed E-state index contributed by atoms with van der Waals surface area (Å²) in [5.74, 6) is 0.815. The molecule has 1 atom stereocenters. The quantitative estimate of drug-likeness (QED) is 0.907. The van der Waals surface area contributed by atoms with E-state index in [9.17, 15) is 0 Å².